The summed E-state index contributed by atoms with van der Waals surface area (Å²) in [6.07, 6.45) is 0.700. The van der Waals surface area contributed by atoms with Gasteiger partial charge >= 0.3 is 0 Å². The lowest BCUT2D eigenvalue weighted by atomic mass is 10.0. The predicted molar refractivity (Wildman–Crippen MR) is 72.3 cm³/mol. The average molecular weight is 278 g/mol. The highest BCUT2D eigenvalue weighted by atomic mass is 16.5. The van der Waals surface area contributed by atoms with Crippen LogP contribution in [0.1, 0.15) is 33.0 Å². The third-order valence-electron chi connectivity index (χ3n) is 3.19. The van der Waals surface area contributed by atoms with E-state index in [4.69, 9.17) is 9.26 Å². The minimum Gasteiger partial charge on any atom is -0.508 e. The molecule has 0 aliphatic heterocycles. The molecule has 1 unspecified atom stereocenters. The van der Waals surface area contributed by atoms with Gasteiger partial charge in [-0.15, -0.1) is 0 Å². The van der Waals surface area contributed by atoms with Crippen molar-refractivity contribution < 1.29 is 19.5 Å². The smallest absolute Gasteiger partial charge is 0.258 e. The van der Waals surface area contributed by atoms with Gasteiger partial charge in [0.1, 0.15) is 17.1 Å². The number of aromatic hydroxyl groups is 2. The number of hydrogen-bond donors (Lipinski definition) is 2. The SMILES string of the molecule is CCOC(C)(CC)c1noc(-c2cc(O)cc(O)c2)n1. The minimum absolute atomic E-state index is 0.0668. The summed E-state index contributed by atoms with van der Waals surface area (Å²) in [6, 6.07) is 4.12. The molecule has 0 amide bonds. The Kier molecular flexibility index (Phi) is 3.94. The van der Waals surface area contributed by atoms with Crippen LogP contribution in [0.15, 0.2) is 22.7 Å². The van der Waals surface area contributed by atoms with E-state index >= 15 is 0 Å². The molecule has 1 heterocycles. The highest BCUT2D eigenvalue weighted by Crippen LogP contribution is 2.31. The molecule has 20 heavy (non-hydrogen) atoms. The maximum atomic E-state index is 9.48. The predicted octanol–water partition coefficient (Wildman–Crippen LogP) is 2.81. The maximum absolute atomic E-state index is 9.48. The lowest BCUT2D eigenvalue weighted by molar-refractivity contribution is -0.0403. The van der Waals surface area contributed by atoms with Crippen LogP contribution in [-0.4, -0.2) is 27.0 Å². The Morgan fingerprint density at radius 3 is 2.40 bits per heavy atom. The molecular formula is C14H18N2O4. The molecule has 2 rings (SSSR count). The first-order valence-corrected chi connectivity index (χ1v) is 6.50. The number of rotatable bonds is 5. The van der Waals surface area contributed by atoms with Gasteiger partial charge in [-0.1, -0.05) is 12.1 Å². The van der Waals surface area contributed by atoms with E-state index < -0.39 is 5.60 Å². The third-order valence-corrected chi connectivity index (χ3v) is 3.19. The van der Waals surface area contributed by atoms with Crippen molar-refractivity contribution in [3.8, 4) is 23.0 Å². The van der Waals surface area contributed by atoms with Crippen LogP contribution in [0.3, 0.4) is 0 Å². The van der Waals surface area contributed by atoms with Crippen molar-refractivity contribution in [2.45, 2.75) is 32.8 Å². The van der Waals surface area contributed by atoms with Gasteiger partial charge in [0, 0.05) is 18.2 Å². The van der Waals surface area contributed by atoms with Gasteiger partial charge in [0.15, 0.2) is 0 Å². The van der Waals surface area contributed by atoms with Gasteiger partial charge in [-0.25, -0.2) is 0 Å². The van der Waals surface area contributed by atoms with Crippen LogP contribution in [0.4, 0.5) is 0 Å². The van der Waals surface area contributed by atoms with Gasteiger partial charge in [-0.3, -0.25) is 0 Å². The van der Waals surface area contributed by atoms with Crippen LogP contribution in [0.25, 0.3) is 11.5 Å². The lowest BCUT2D eigenvalue weighted by Crippen LogP contribution is -2.26. The Hall–Kier alpha value is -2.08. The van der Waals surface area contributed by atoms with Crippen LogP contribution in [-0.2, 0) is 10.3 Å². The second-order valence-electron chi connectivity index (χ2n) is 4.68. The highest BCUT2D eigenvalue weighted by molar-refractivity contribution is 5.58. The summed E-state index contributed by atoms with van der Waals surface area (Å²) in [5, 5.41) is 22.9. The second-order valence-corrected chi connectivity index (χ2v) is 4.68. The molecule has 0 saturated heterocycles. The number of phenols is 2. The normalized spacial score (nSPS) is 14.2. The van der Waals surface area contributed by atoms with Crippen molar-refractivity contribution in [3.05, 3.63) is 24.0 Å². The van der Waals surface area contributed by atoms with Gasteiger partial charge < -0.3 is 19.5 Å². The molecule has 0 aliphatic carbocycles. The van der Waals surface area contributed by atoms with Crippen molar-refractivity contribution in [1.82, 2.24) is 10.1 Å². The van der Waals surface area contributed by atoms with E-state index in [9.17, 15) is 10.2 Å². The van der Waals surface area contributed by atoms with Crippen molar-refractivity contribution in [2.24, 2.45) is 0 Å². The van der Waals surface area contributed by atoms with Gasteiger partial charge in [0.25, 0.3) is 5.89 Å². The monoisotopic (exact) mass is 278 g/mol. The molecule has 1 aromatic heterocycles. The number of phenolic OH excluding ortho intramolecular Hbond substituents is 2. The second kappa shape index (κ2) is 5.50. The molecule has 1 atom stereocenters. The molecule has 0 bridgehead atoms. The standard InChI is InChI=1S/C14H18N2O4/c1-4-14(3,19-5-2)13-15-12(20-16-13)9-6-10(17)8-11(18)7-9/h6-8,17-18H,4-5H2,1-3H3. The largest absolute Gasteiger partial charge is 0.508 e. The topological polar surface area (TPSA) is 88.6 Å². The highest BCUT2D eigenvalue weighted by Gasteiger charge is 2.31. The third kappa shape index (κ3) is 2.75. The molecule has 2 aromatic rings. The quantitative estimate of drug-likeness (QED) is 0.874. The number of benzene rings is 1. The summed E-state index contributed by atoms with van der Waals surface area (Å²) in [7, 11) is 0. The van der Waals surface area contributed by atoms with Gasteiger partial charge in [0.2, 0.25) is 5.82 Å². The Balaban J connectivity index is 2.37. The molecular weight excluding hydrogens is 260 g/mol. The summed E-state index contributed by atoms with van der Waals surface area (Å²) < 4.78 is 10.9. The Morgan fingerprint density at radius 2 is 1.85 bits per heavy atom. The van der Waals surface area contributed by atoms with E-state index in [1.165, 1.54) is 18.2 Å². The molecule has 108 valence electrons. The van der Waals surface area contributed by atoms with Crippen LogP contribution in [0, 0.1) is 0 Å². The van der Waals surface area contributed by atoms with E-state index in [0.29, 0.717) is 24.4 Å². The summed E-state index contributed by atoms with van der Waals surface area (Å²) >= 11 is 0. The number of aromatic nitrogens is 2. The molecule has 0 radical (unpaired) electrons. The van der Waals surface area contributed by atoms with E-state index in [1.807, 2.05) is 20.8 Å². The van der Waals surface area contributed by atoms with Crippen molar-refractivity contribution >= 4 is 0 Å². The molecule has 0 spiro atoms. The van der Waals surface area contributed by atoms with E-state index in [1.54, 1.807) is 0 Å². The molecule has 0 saturated carbocycles. The summed E-state index contributed by atoms with van der Waals surface area (Å²) in [6.45, 7) is 6.32. The number of nitrogens with zero attached hydrogens (tertiary/aromatic N) is 2. The fourth-order valence-corrected chi connectivity index (χ4v) is 1.92. The van der Waals surface area contributed by atoms with Crippen molar-refractivity contribution in [1.29, 1.82) is 0 Å². The molecule has 0 fully saturated rings. The first-order valence-electron chi connectivity index (χ1n) is 6.50. The van der Waals surface area contributed by atoms with Gasteiger partial charge in [-0.2, -0.15) is 4.98 Å². The first kappa shape index (κ1) is 14.3. The average Bonchev–Trinajstić information content (AvgIpc) is 2.88. The minimum atomic E-state index is -0.616. The summed E-state index contributed by atoms with van der Waals surface area (Å²) in [4.78, 5) is 4.30. The van der Waals surface area contributed by atoms with Gasteiger partial charge in [0.05, 0.1) is 0 Å². The van der Waals surface area contributed by atoms with Crippen molar-refractivity contribution in [2.75, 3.05) is 6.61 Å². The van der Waals surface area contributed by atoms with Crippen LogP contribution in [0.2, 0.25) is 0 Å². The molecule has 0 aliphatic rings. The van der Waals surface area contributed by atoms with E-state index in [0.717, 1.165) is 0 Å². The fraction of sp³-hybridized carbons (Fsp3) is 0.429. The van der Waals surface area contributed by atoms with E-state index in [2.05, 4.69) is 10.1 Å². The van der Waals surface area contributed by atoms with Gasteiger partial charge in [-0.05, 0) is 32.4 Å². The zero-order valence-electron chi connectivity index (χ0n) is 11.8. The summed E-state index contributed by atoms with van der Waals surface area (Å²) in [5.74, 6) is 0.538. The first-order chi connectivity index (χ1) is 9.48. The zero-order chi connectivity index (χ0) is 14.8. The Labute approximate surface area is 117 Å². The Morgan fingerprint density at radius 1 is 1.20 bits per heavy atom. The molecule has 1 aromatic carbocycles. The number of hydrogen-bond acceptors (Lipinski definition) is 6. The van der Waals surface area contributed by atoms with Crippen LogP contribution >= 0.6 is 0 Å². The van der Waals surface area contributed by atoms with E-state index in [-0.39, 0.29) is 17.4 Å². The fourth-order valence-electron chi connectivity index (χ4n) is 1.92. The maximum Gasteiger partial charge on any atom is 0.258 e. The molecule has 2 N–H and O–H groups in total. The van der Waals surface area contributed by atoms with Crippen LogP contribution < -0.4 is 0 Å². The zero-order valence-corrected chi connectivity index (χ0v) is 11.8. The van der Waals surface area contributed by atoms with Crippen LogP contribution in [0.5, 0.6) is 11.5 Å². The lowest BCUT2D eigenvalue weighted by Gasteiger charge is -2.23. The number of ether oxygens (including phenoxy) is 1. The van der Waals surface area contributed by atoms with Crippen molar-refractivity contribution in [3.63, 3.8) is 0 Å². The summed E-state index contributed by atoms with van der Waals surface area (Å²) in [5.41, 5.74) is -0.161. The molecule has 6 heteroatoms. The Bertz CT molecular complexity index is 576. The molecule has 6 nitrogen and oxygen atoms in total.